The van der Waals surface area contributed by atoms with Crippen molar-refractivity contribution in [2.24, 2.45) is 0 Å². The first kappa shape index (κ1) is 20.7. The van der Waals surface area contributed by atoms with E-state index < -0.39 is 0 Å². The molecule has 0 unspecified atom stereocenters. The minimum Gasteiger partial charge on any atom is -0.340 e. The van der Waals surface area contributed by atoms with Gasteiger partial charge in [-0.05, 0) is 18.6 Å². The lowest BCUT2D eigenvalue weighted by Crippen LogP contribution is -2.50. The van der Waals surface area contributed by atoms with Gasteiger partial charge < -0.3 is 10.2 Å². The van der Waals surface area contributed by atoms with Crippen molar-refractivity contribution in [2.45, 2.75) is 45.4 Å². The molecule has 1 heterocycles. The van der Waals surface area contributed by atoms with Gasteiger partial charge in [0.25, 0.3) is 0 Å². The average Bonchev–Trinajstić information content (AvgIpc) is 2.64. The second kappa shape index (κ2) is 11.2. The summed E-state index contributed by atoms with van der Waals surface area (Å²) in [5.41, 5.74) is 0.635. The van der Waals surface area contributed by atoms with Crippen LogP contribution >= 0.6 is 11.6 Å². The highest BCUT2D eigenvalue weighted by Crippen LogP contribution is 2.20. The molecular formula is C20H30ClN3O2. The van der Waals surface area contributed by atoms with Gasteiger partial charge in [0.1, 0.15) is 0 Å². The molecule has 0 saturated carbocycles. The Balaban J connectivity index is 1.65. The lowest BCUT2D eigenvalue weighted by Gasteiger charge is -2.34. The van der Waals surface area contributed by atoms with E-state index >= 15 is 0 Å². The third-order valence-corrected chi connectivity index (χ3v) is 5.06. The van der Waals surface area contributed by atoms with E-state index in [1.807, 2.05) is 17.0 Å². The van der Waals surface area contributed by atoms with Gasteiger partial charge >= 0.3 is 0 Å². The molecule has 2 amide bonds. The van der Waals surface area contributed by atoms with Crippen LogP contribution in [-0.2, 0) is 9.59 Å². The molecule has 1 aromatic carbocycles. The number of hydrogen-bond donors (Lipinski definition) is 1. The molecule has 2 rings (SSSR count). The van der Waals surface area contributed by atoms with Gasteiger partial charge in [-0.15, -0.1) is 0 Å². The molecule has 1 saturated heterocycles. The lowest BCUT2D eigenvalue weighted by molar-refractivity contribution is -0.133. The normalized spacial score (nSPS) is 15.1. The summed E-state index contributed by atoms with van der Waals surface area (Å²) in [6.07, 6.45) is 6.47. The summed E-state index contributed by atoms with van der Waals surface area (Å²) in [4.78, 5) is 28.4. The number of amides is 2. The highest BCUT2D eigenvalue weighted by molar-refractivity contribution is 6.33. The van der Waals surface area contributed by atoms with E-state index in [4.69, 9.17) is 11.6 Å². The Bertz CT molecular complexity index is 586. The number of carbonyl (C=O) groups is 2. The zero-order valence-corrected chi connectivity index (χ0v) is 16.4. The van der Waals surface area contributed by atoms with Crippen LogP contribution in [0.4, 0.5) is 5.69 Å². The number of rotatable bonds is 9. The van der Waals surface area contributed by atoms with Crippen molar-refractivity contribution in [3.05, 3.63) is 29.3 Å². The van der Waals surface area contributed by atoms with Crippen LogP contribution in [0.5, 0.6) is 0 Å². The van der Waals surface area contributed by atoms with Gasteiger partial charge in [0.15, 0.2) is 0 Å². The first-order chi connectivity index (χ1) is 12.6. The summed E-state index contributed by atoms with van der Waals surface area (Å²) >= 11 is 6.06. The molecule has 1 fully saturated rings. The van der Waals surface area contributed by atoms with Gasteiger partial charge in [-0.2, -0.15) is 0 Å². The van der Waals surface area contributed by atoms with Gasteiger partial charge in [-0.3, -0.25) is 14.5 Å². The number of piperazine rings is 1. The third kappa shape index (κ3) is 6.96. The van der Waals surface area contributed by atoms with Crippen molar-refractivity contribution in [2.75, 3.05) is 38.0 Å². The van der Waals surface area contributed by atoms with Crippen LogP contribution in [0.15, 0.2) is 24.3 Å². The molecule has 1 aromatic rings. The standard InChI is InChI=1S/C20H30ClN3O2/c1-2-3-4-5-6-11-20(26)24-14-12-23(13-15-24)16-19(25)22-18-10-8-7-9-17(18)21/h7-10H,2-6,11-16H2,1H3,(H,22,25). The first-order valence-corrected chi connectivity index (χ1v) is 10.0. The van der Waals surface area contributed by atoms with Gasteiger partial charge in [-0.1, -0.05) is 56.3 Å². The Morgan fingerprint density at radius 2 is 1.73 bits per heavy atom. The summed E-state index contributed by atoms with van der Waals surface area (Å²) in [7, 11) is 0. The molecule has 0 radical (unpaired) electrons. The summed E-state index contributed by atoms with van der Waals surface area (Å²) in [5.74, 6) is 0.176. The van der Waals surface area contributed by atoms with Crippen LogP contribution in [0.2, 0.25) is 5.02 Å². The molecule has 26 heavy (non-hydrogen) atoms. The summed E-state index contributed by atoms with van der Waals surface area (Å²) < 4.78 is 0. The highest BCUT2D eigenvalue weighted by atomic mass is 35.5. The van der Waals surface area contributed by atoms with Crippen molar-refractivity contribution in [3.63, 3.8) is 0 Å². The van der Waals surface area contributed by atoms with Crippen molar-refractivity contribution < 1.29 is 9.59 Å². The molecule has 0 bridgehead atoms. The molecule has 1 aliphatic heterocycles. The summed E-state index contributed by atoms with van der Waals surface area (Å²) in [6.45, 7) is 5.39. The number of anilines is 1. The molecule has 6 heteroatoms. The second-order valence-electron chi connectivity index (χ2n) is 6.85. The minimum atomic E-state index is -0.0752. The van der Waals surface area contributed by atoms with Crippen LogP contribution < -0.4 is 5.32 Å². The first-order valence-electron chi connectivity index (χ1n) is 9.64. The van der Waals surface area contributed by atoms with Crippen LogP contribution in [-0.4, -0.2) is 54.3 Å². The second-order valence-corrected chi connectivity index (χ2v) is 7.26. The van der Waals surface area contributed by atoms with E-state index in [0.29, 0.717) is 36.8 Å². The minimum absolute atomic E-state index is 0.0752. The van der Waals surface area contributed by atoms with Gasteiger partial charge in [0.05, 0.1) is 17.3 Å². The molecule has 1 aliphatic rings. The van der Waals surface area contributed by atoms with E-state index in [-0.39, 0.29) is 11.8 Å². The van der Waals surface area contributed by atoms with E-state index in [1.54, 1.807) is 12.1 Å². The summed E-state index contributed by atoms with van der Waals surface area (Å²) in [5, 5.41) is 3.38. The Kier molecular flexibility index (Phi) is 8.92. The molecule has 0 aliphatic carbocycles. The fourth-order valence-electron chi connectivity index (χ4n) is 3.15. The number of benzene rings is 1. The number of halogens is 1. The maximum Gasteiger partial charge on any atom is 0.238 e. The van der Waals surface area contributed by atoms with Gasteiger partial charge in [0.2, 0.25) is 11.8 Å². The molecular weight excluding hydrogens is 350 g/mol. The molecule has 0 spiro atoms. The monoisotopic (exact) mass is 379 g/mol. The highest BCUT2D eigenvalue weighted by Gasteiger charge is 2.22. The molecule has 144 valence electrons. The Labute approximate surface area is 161 Å². The Morgan fingerprint density at radius 1 is 1.04 bits per heavy atom. The predicted octanol–water partition coefficient (Wildman–Crippen LogP) is 3.78. The number of carbonyl (C=O) groups excluding carboxylic acids is 2. The van der Waals surface area contributed by atoms with Crippen molar-refractivity contribution in [1.29, 1.82) is 0 Å². The van der Waals surface area contributed by atoms with Gasteiger partial charge in [0, 0.05) is 32.6 Å². The number of para-hydroxylation sites is 1. The van der Waals surface area contributed by atoms with E-state index in [2.05, 4.69) is 17.1 Å². The third-order valence-electron chi connectivity index (χ3n) is 4.73. The Morgan fingerprint density at radius 3 is 2.42 bits per heavy atom. The van der Waals surface area contributed by atoms with Crippen LogP contribution in [0, 0.1) is 0 Å². The summed E-state index contributed by atoms with van der Waals surface area (Å²) in [6, 6.07) is 7.22. The number of unbranched alkanes of at least 4 members (excludes halogenated alkanes) is 4. The van der Waals surface area contributed by atoms with Crippen LogP contribution in [0.3, 0.4) is 0 Å². The largest absolute Gasteiger partial charge is 0.340 e. The molecule has 0 atom stereocenters. The number of hydrogen-bond acceptors (Lipinski definition) is 3. The fraction of sp³-hybridized carbons (Fsp3) is 0.600. The maximum absolute atomic E-state index is 12.3. The quantitative estimate of drug-likeness (QED) is 0.664. The topological polar surface area (TPSA) is 52.7 Å². The van der Waals surface area contributed by atoms with Crippen molar-refractivity contribution >= 4 is 29.1 Å². The molecule has 0 aromatic heterocycles. The average molecular weight is 380 g/mol. The maximum atomic E-state index is 12.3. The zero-order valence-electron chi connectivity index (χ0n) is 15.7. The van der Waals surface area contributed by atoms with Crippen LogP contribution in [0.25, 0.3) is 0 Å². The smallest absolute Gasteiger partial charge is 0.238 e. The SMILES string of the molecule is CCCCCCCC(=O)N1CCN(CC(=O)Nc2ccccc2Cl)CC1. The Hall–Kier alpha value is -1.59. The molecule has 1 N–H and O–H groups in total. The van der Waals surface area contributed by atoms with Gasteiger partial charge in [-0.25, -0.2) is 0 Å². The van der Waals surface area contributed by atoms with Crippen molar-refractivity contribution in [3.8, 4) is 0 Å². The fourth-order valence-corrected chi connectivity index (χ4v) is 3.33. The lowest BCUT2D eigenvalue weighted by atomic mass is 10.1. The number of nitrogens with zero attached hydrogens (tertiary/aromatic N) is 2. The molecule has 5 nitrogen and oxygen atoms in total. The van der Waals surface area contributed by atoms with Crippen LogP contribution in [0.1, 0.15) is 45.4 Å². The predicted molar refractivity (Wildman–Crippen MR) is 106 cm³/mol. The van der Waals surface area contributed by atoms with E-state index in [9.17, 15) is 9.59 Å². The van der Waals surface area contributed by atoms with E-state index in [1.165, 1.54) is 19.3 Å². The van der Waals surface area contributed by atoms with E-state index in [0.717, 1.165) is 25.9 Å². The number of nitrogens with one attached hydrogen (secondary N) is 1. The zero-order chi connectivity index (χ0) is 18.8. The van der Waals surface area contributed by atoms with Crippen molar-refractivity contribution in [1.82, 2.24) is 9.80 Å².